The summed E-state index contributed by atoms with van der Waals surface area (Å²) < 4.78 is 54.0. The zero-order valence-electron chi connectivity index (χ0n) is 13.8. The van der Waals surface area contributed by atoms with Gasteiger partial charge in [-0.05, 0) is 61.7 Å². The molecule has 0 aliphatic rings. The minimum atomic E-state index is -4.22. The summed E-state index contributed by atoms with van der Waals surface area (Å²) >= 11 is 5.77. The quantitative estimate of drug-likeness (QED) is 0.658. The van der Waals surface area contributed by atoms with E-state index in [1.807, 2.05) is 0 Å². The van der Waals surface area contributed by atoms with Crippen molar-refractivity contribution in [3.05, 3.63) is 64.7 Å². The molecule has 0 radical (unpaired) electrons. The Balaban J connectivity index is 2.52. The Bertz CT molecular complexity index is 841. The molecule has 0 bridgehead atoms. The van der Waals surface area contributed by atoms with Gasteiger partial charge in [0.05, 0.1) is 11.0 Å². The first-order chi connectivity index (χ1) is 12.3. The minimum Gasteiger partial charge on any atom is -0.396 e. The van der Waals surface area contributed by atoms with Crippen molar-refractivity contribution >= 4 is 21.4 Å². The highest BCUT2D eigenvalue weighted by Crippen LogP contribution is 2.36. The van der Waals surface area contributed by atoms with E-state index in [1.165, 1.54) is 24.3 Å². The van der Waals surface area contributed by atoms with Crippen molar-refractivity contribution in [2.45, 2.75) is 35.5 Å². The maximum Gasteiger partial charge on any atom is 0.188 e. The van der Waals surface area contributed by atoms with Gasteiger partial charge in [-0.2, -0.15) is 0 Å². The summed E-state index contributed by atoms with van der Waals surface area (Å²) in [5.41, 5.74) is -0.434. The van der Waals surface area contributed by atoms with E-state index in [4.69, 9.17) is 16.7 Å². The SMILES string of the molecule is O=S(=O)(c1ccc(Cl)cc1)C(c1cc(F)ccc1F)C(O)CCCCO. The summed E-state index contributed by atoms with van der Waals surface area (Å²) in [5, 5.41) is 18.0. The first-order valence-electron chi connectivity index (χ1n) is 8.00. The largest absolute Gasteiger partial charge is 0.396 e. The van der Waals surface area contributed by atoms with Crippen molar-refractivity contribution in [3.63, 3.8) is 0 Å². The molecule has 0 spiro atoms. The molecule has 0 saturated heterocycles. The third-order valence-corrected chi connectivity index (χ3v) is 6.42. The summed E-state index contributed by atoms with van der Waals surface area (Å²) in [6.07, 6.45) is -0.774. The molecule has 142 valence electrons. The third-order valence-electron chi connectivity index (χ3n) is 4.00. The summed E-state index contributed by atoms with van der Waals surface area (Å²) in [5.74, 6) is -1.73. The standard InChI is InChI=1S/C18H19ClF2O4S/c19-12-4-7-14(8-5-12)26(24,25)18(17(23)3-1-2-10-22)15-11-13(20)6-9-16(15)21/h4-9,11,17-18,22-23H,1-3,10H2. The molecule has 0 aliphatic heterocycles. The second kappa shape index (κ2) is 8.90. The molecular formula is C18H19ClF2O4S. The molecule has 0 amide bonds. The van der Waals surface area contributed by atoms with E-state index in [9.17, 15) is 22.3 Å². The Morgan fingerprint density at radius 2 is 1.69 bits per heavy atom. The van der Waals surface area contributed by atoms with E-state index < -0.39 is 38.4 Å². The van der Waals surface area contributed by atoms with Crippen LogP contribution in [0.3, 0.4) is 0 Å². The van der Waals surface area contributed by atoms with Crippen LogP contribution in [0, 0.1) is 11.6 Å². The van der Waals surface area contributed by atoms with Gasteiger partial charge in [0.1, 0.15) is 16.9 Å². The molecule has 0 saturated carbocycles. The summed E-state index contributed by atoms with van der Waals surface area (Å²) in [4.78, 5) is -0.156. The number of unbranched alkanes of at least 4 members (excludes halogenated alkanes) is 1. The molecular weight excluding hydrogens is 386 g/mol. The van der Waals surface area contributed by atoms with Gasteiger partial charge in [0, 0.05) is 17.2 Å². The average Bonchev–Trinajstić information content (AvgIpc) is 2.58. The fourth-order valence-corrected chi connectivity index (χ4v) is 4.70. The molecule has 0 fully saturated rings. The first-order valence-corrected chi connectivity index (χ1v) is 9.93. The van der Waals surface area contributed by atoms with Gasteiger partial charge < -0.3 is 10.2 Å². The lowest BCUT2D eigenvalue weighted by Crippen LogP contribution is -2.28. The summed E-state index contributed by atoms with van der Waals surface area (Å²) in [6, 6.07) is 7.73. The van der Waals surface area contributed by atoms with Crippen molar-refractivity contribution < 1.29 is 27.4 Å². The number of aliphatic hydroxyl groups excluding tert-OH is 2. The van der Waals surface area contributed by atoms with Gasteiger partial charge in [0.2, 0.25) is 0 Å². The molecule has 2 aromatic carbocycles. The van der Waals surface area contributed by atoms with E-state index in [0.717, 1.165) is 18.2 Å². The van der Waals surface area contributed by atoms with Crippen molar-refractivity contribution in [2.24, 2.45) is 0 Å². The topological polar surface area (TPSA) is 74.6 Å². The minimum absolute atomic E-state index is 0.00794. The highest BCUT2D eigenvalue weighted by Gasteiger charge is 2.37. The molecule has 2 unspecified atom stereocenters. The Morgan fingerprint density at radius 1 is 1.04 bits per heavy atom. The van der Waals surface area contributed by atoms with E-state index in [2.05, 4.69) is 0 Å². The van der Waals surface area contributed by atoms with Crippen LogP contribution in [0.15, 0.2) is 47.4 Å². The van der Waals surface area contributed by atoms with Gasteiger partial charge in [-0.1, -0.05) is 11.6 Å². The van der Waals surface area contributed by atoms with E-state index in [1.54, 1.807) is 0 Å². The number of aliphatic hydroxyl groups is 2. The highest BCUT2D eigenvalue weighted by atomic mass is 35.5. The summed E-state index contributed by atoms with van der Waals surface area (Å²) in [6.45, 7) is -0.115. The predicted molar refractivity (Wildman–Crippen MR) is 94.7 cm³/mol. The van der Waals surface area contributed by atoms with Crippen molar-refractivity contribution in [3.8, 4) is 0 Å². The first kappa shape index (κ1) is 20.8. The van der Waals surface area contributed by atoms with Crippen LogP contribution in [0.4, 0.5) is 8.78 Å². The van der Waals surface area contributed by atoms with Crippen molar-refractivity contribution in [1.29, 1.82) is 0 Å². The van der Waals surface area contributed by atoms with Crippen LogP contribution >= 0.6 is 11.6 Å². The molecule has 2 atom stereocenters. The second-order valence-electron chi connectivity index (χ2n) is 5.87. The van der Waals surface area contributed by atoms with Crippen LogP contribution in [-0.4, -0.2) is 31.3 Å². The Kier molecular flexibility index (Phi) is 7.11. The van der Waals surface area contributed by atoms with E-state index in [-0.39, 0.29) is 17.9 Å². The maximum atomic E-state index is 14.3. The third kappa shape index (κ3) is 4.79. The molecule has 2 N–H and O–H groups in total. The van der Waals surface area contributed by atoms with Gasteiger partial charge in [0.25, 0.3) is 0 Å². The number of halogens is 3. The van der Waals surface area contributed by atoms with Crippen LogP contribution in [-0.2, 0) is 9.84 Å². The van der Waals surface area contributed by atoms with Gasteiger partial charge in [-0.3, -0.25) is 0 Å². The normalized spacial score (nSPS) is 14.2. The fourth-order valence-electron chi connectivity index (χ4n) is 2.70. The Labute approximate surface area is 156 Å². The van der Waals surface area contributed by atoms with Gasteiger partial charge >= 0.3 is 0 Å². The predicted octanol–water partition coefficient (Wildman–Crippen LogP) is 3.66. The average molecular weight is 405 g/mol. The van der Waals surface area contributed by atoms with Crippen molar-refractivity contribution in [2.75, 3.05) is 6.61 Å². The number of benzene rings is 2. The molecule has 0 heterocycles. The molecule has 2 aromatic rings. The monoisotopic (exact) mass is 404 g/mol. The lowest BCUT2D eigenvalue weighted by molar-refractivity contribution is 0.149. The Hall–Kier alpha value is -1.54. The number of rotatable bonds is 8. The number of hydrogen-bond acceptors (Lipinski definition) is 4. The van der Waals surface area contributed by atoms with Crippen molar-refractivity contribution in [1.82, 2.24) is 0 Å². The molecule has 0 aliphatic carbocycles. The van der Waals surface area contributed by atoms with Crippen LogP contribution in [0.5, 0.6) is 0 Å². The zero-order valence-corrected chi connectivity index (χ0v) is 15.4. The fraction of sp³-hybridized carbons (Fsp3) is 0.333. The van der Waals surface area contributed by atoms with E-state index in [0.29, 0.717) is 17.9 Å². The van der Waals surface area contributed by atoms with E-state index >= 15 is 0 Å². The second-order valence-corrected chi connectivity index (χ2v) is 8.38. The lowest BCUT2D eigenvalue weighted by Gasteiger charge is -2.24. The van der Waals surface area contributed by atoms with Crippen LogP contribution in [0.1, 0.15) is 30.1 Å². The van der Waals surface area contributed by atoms with Gasteiger partial charge in [-0.25, -0.2) is 17.2 Å². The number of hydrogen-bond donors (Lipinski definition) is 2. The summed E-state index contributed by atoms with van der Waals surface area (Å²) in [7, 11) is -4.22. The smallest absolute Gasteiger partial charge is 0.188 e. The molecule has 2 rings (SSSR count). The number of sulfone groups is 1. The van der Waals surface area contributed by atoms with Gasteiger partial charge in [0.15, 0.2) is 9.84 Å². The van der Waals surface area contributed by atoms with Gasteiger partial charge in [-0.15, -0.1) is 0 Å². The molecule has 26 heavy (non-hydrogen) atoms. The molecule has 0 aromatic heterocycles. The lowest BCUT2D eigenvalue weighted by atomic mass is 10.0. The highest BCUT2D eigenvalue weighted by molar-refractivity contribution is 7.91. The van der Waals surface area contributed by atoms with Crippen LogP contribution in [0.2, 0.25) is 5.02 Å². The maximum absolute atomic E-state index is 14.3. The molecule has 4 nitrogen and oxygen atoms in total. The molecule has 8 heteroatoms. The van der Waals surface area contributed by atoms with Crippen LogP contribution in [0.25, 0.3) is 0 Å². The zero-order chi connectivity index (χ0) is 19.3. The van der Waals surface area contributed by atoms with Crippen LogP contribution < -0.4 is 0 Å². The Morgan fingerprint density at radius 3 is 2.31 bits per heavy atom.